The van der Waals surface area contributed by atoms with Crippen molar-refractivity contribution in [1.82, 2.24) is 0 Å². The fourth-order valence-corrected chi connectivity index (χ4v) is 7.11. The Hall–Kier alpha value is -5.18. The van der Waals surface area contributed by atoms with Crippen LogP contribution in [0, 0.1) is 0 Å². The highest BCUT2D eigenvalue weighted by Gasteiger charge is 2.16. The molecule has 0 spiro atoms. The van der Waals surface area contributed by atoms with Crippen LogP contribution in [0.1, 0.15) is 0 Å². The van der Waals surface area contributed by atoms with Crippen molar-refractivity contribution in [2.75, 3.05) is 4.90 Å². The van der Waals surface area contributed by atoms with E-state index in [4.69, 9.17) is 0 Å². The van der Waals surface area contributed by atoms with Gasteiger partial charge in [0.15, 0.2) is 0 Å². The van der Waals surface area contributed by atoms with E-state index in [1.807, 2.05) is 11.3 Å². The van der Waals surface area contributed by atoms with Crippen LogP contribution in [0.4, 0.5) is 17.1 Å². The van der Waals surface area contributed by atoms with Crippen LogP contribution in [0.5, 0.6) is 0 Å². The highest BCUT2D eigenvalue weighted by atomic mass is 32.1. The van der Waals surface area contributed by atoms with Crippen LogP contribution >= 0.6 is 11.3 Å². The molecular formula is C40H27NS. The summed E-state index contributed by atoms with van der Waals surface area (Å²) in [6, 6.07) is 59.1. The molecule has 0 radical (unpaired) electrons. The molecular weight excluding hydrogens is 527 g/mol. The second-order valence-electron chi connectivity index (χ2n) is 10.6. The van der Waals surface area contributed by atoms with Crippen molar-refractivity contribution < 1.29 is 0 Å². The SMILES string of the molecule is c1ccc(-c2ccc(N(c3ccc(-c4ccccc4)cc3)c3ccc4ccc5sc6ccccc6c5c4c3)cc2)cc1. The molecule has 8 rings (SSSR count). The number of anilines is 3. The summed E-state index contributed by atoms with van der Waals surface area (Å²) < 4.78 is 2.65. The second kappa shape index (κ2) is 10.3. The zero-order chi connectivity index (χ0) is 27.9. The largest absolute Gasteiger partial charge is 0.310 e. The first-order valence-electron chi connectivity index (χ1n) is 14.3. The molecule has 0 aliphatic carbocycles. The van der Waals surface area contributed by atoms with Gasteiger partial charge in [-0.25, -0.2) is 0 Å². The van der Waals surface area contributed by atoms with E-state index >= 15 is 0 Å². The van der Waals surface area contributed by atoms with Crippen molar-refractivity contribution in [2.24, 2.45) is 0 Å². The van der Waals surface area contributed by atoms with E-state index in [9.17, 15) is 0 Å². The molecule has 1 heterocycles. The highest BCUT2D eigenvalue weighted by Crippen LogP contribution is 2.42. The van der Waals surface area contributed by atoms with E-state index in [1.54, 1.807) is 0 Å². The van der Waals surface area contributed by atoms with Gasteiger partial charge in [-0.15, -0.1) is 11.3 Å². The monoisotopic (exact) mass is 553 g/mol. The lowest BCUT2D eigenvalue weighted by Gasteiger charge is -2.26. The minimum Gasteiger partial charge on any atom is -0.310 e. The molecule has 198 valence electrons. The molecule has 0 aliphatic heterocycles. The summed E-state index contributed by atoms with van der Waals surface area (Å²) in [7, 11) is 0. The van der Waals surface area contributed by atoms with E-state index in [0.29, 0.717) is 0 Å². The molecule has 8 aromatic rings. The number of fused-ring (bicyclic) bond motifs is 5. The van der Waals surface area contributed by atoms with Gasteiger partial charge in [-0.2, -0.15) is 0 Å². The molecule has 0 bridgehead atoms. The Balaban J connectivity index is 1.30. The highest BCUT2D eigenvalue weighted by molar-refractivity contribution is 7.26. The number of rotatable bonds is 5. The van der Waals surface area contributed by atoms with Crippen LogP contribution in [0.25, 0.3) is 53.2 Å². The quantitative estimate of drug-likeness (QED) is 0.205. The predicted octanol–water partition coefficient (Wildman–Crippen LogP) is 12.0. The third-order valence-corrected chi connectivity index (χ3v) is 9.20. The van der Waals surface area contributed by atoms with E-state index in [0.717, 1.165) is 17.1 Å². The normalized spacial score (nSPS) is 11.3. The maximum Gasteiger partial charge on any atom is 0.0468 e. The van der Waals surface area contributed by atoms with Crippen molar-refractivity contribution in [1.29, 1.82) is 0 Å². The maximum atomic E-state index is 2.37. The molecule has 7 aromatic carbocycles. The molecule has 1 aromatic heterocycles. The fraction of sp³-hybridized carbons (Fsp3) is 0. The van der Waals surface area contributed by atoms with E-state index in [-0.39, 0.29) is 0 Å². The molecule has 0 saturated heterocycles. The predicted molar refractivity (Wildman–Crippen MR) is 182 cm³/mol. The van der Waals surface area contributed by atoms with Gasteiger partial charge in [0.25, 0.3) is 0 Å². The third-order valence-electron chi connectivity index (χ3n) is 8.07. The molecule has 0 atom stereocenters. The summed E-state index contributed by atoms with van der Waals surface area (Å²) in [4.78, 5) is 2.37. The Morgan fingerprint density at radius 2 is 0.857 bits per heavy atom. The minimum absolute atomic E-state index is 1.13. The Kier molecular flexibility index (Phi) is 6.05. The molecule has 0 amide bonds. The van der Waals surface area contributed by atoms with Gasteiger partial charge < -0.3 is 4.90 Å². The third kappa shape index (κ3) is 4.34. The van der Waals surface area contributed by atoms with Crippen LogP contribution in [0.15, 0.2) is 164 Å². The summed E-state index contributed by atoms with van der Waals surface area (Å²) in [6.45, 7) is 0. The van der Waals surface area contributed by atoms with Crippen LogP contribution in [-0.2, 0) is 0 Å². The first kappa shape index (κ1) is 24.6. The molecule has 0 aliphatic rings. The molecule has 42 heavy (non-hydrogen) atoms. The molecule has 2 heteroatoms. The number of hydrogen-bond donors (Lipinski definition) is 0. The lowest BCUT2D eigenvalue weighted by Crippen LogP contribution is -2.09. The number of thiophene rings is 1. The zero-order valence-corrected chi connectivity index (χ0v) is 23.8. The minimum atomic E-state index is 1.13. The van der Waals surface area contributed by atoms with Crippen molar-refractivity contribution in [3.05, 3.63) is 164 Å². The molecule has 0 saturated carbocycles. The topological polar surface area (TPSA) is 3.24 Å². The van der Waals surface area contributed by atoms with Gasteiger partial charge in [-0.05, 0) is 81.6 Å². The van der Waals surface area contributed by atoms with Crippen LogP contribution < -0.4 is 4.90 Å². The van der Waals surface area contributed by atoms with E-state index < -0.39 is 0 Å². The summed E-state index contributed by atoms with van der Waals surface area (Å²) in [5, 5.41) is 5.21. The molecule has 0 unspecified atom stereocenters. The molecule has 1 nitrogen and oxygen atoms in total. The van der Waals surface area contributed by atoms with Crippen LogP contribution in [-0.4, -0.2) is 0 Å². The molecule has 0 fully saturated rings. The van der Waals surface area contributed by atoms with Crippen LogP contribution in [0.3, 0.4) is 0 Å². The maximum absolute atomic E-state index is 2.37. The van der Waals surface area contributed by atoms with Gasteiger partial charge in [0.2, 0.25) is 0 Å². The lowest BCUT2D eigenvalue weighted by molar-refractivity contribution is 1.29. The van der Waals surface area contributed by atoms with Crippen LogP contribution in [0.2, 0.25) is 0 Å². The number of nitrogens with zero attached hydrogens (tertiary/aromatic N) is 1. The Morgan fingerprint density at radius 1 is 0.357 bits per heavy atom. The Bertz CT molecular complexity index is 2080. The second-order valence-corrected chi connectivity index (χ2v) is 11.7. The van der Waals surface area contributed by atoms with Gasteiger partial charge in [0, 0.05) is 37.2 Å². The van der Waals surface area contributed by atoms with Crippen molar-refractivity contribution in [2.45, 2.75) is 0 Å². The first-order valence-corrected chi connectivity index (χ1v) is 15.1. The average molecular weight is 554 g/mol. The van der Waals surface area contributed by atoms with Crippen molar-refractivity contribution in [3.63, 3.8) is 0 Å². The summed E-state index contributed by atoms with van der Waals surface area (Å²) in [5.41, 5.74) is 8.27. The van der Waals surface area contributed by atoms with Crippen molar-refractivity contribution >= 4 is 59.3 Å². The Labute approximate surface area is 249 Å². The standard InChI is InChI=1S/C40H27NS/c1-3-9-28(10-4-1)30-15-21-33(22-16-30)41(34-23-17-31(18-24-34)29-11-5-2-6-12-29)35-25-19-32-20-26-39-40(37(32)27-35)36-13-7-8-14-38(36)42-39/h1-27H. The summed E-state index contributed by atoms with van der Waals surface area (Å²) in [5.74, 6) is 0. The van der Waals surface area contributed by atoms with E-state index in [1.165, 1.54) is 53.2 Å². The van der Waals surface area contributed by atoms with Crippen molar-refractivity contribution in [3.8, 4) is 22.3 Å². The smallest absolute Gasteiger partial charge is 0.0468 e. The fourth-order valence-electron chi connectivity index (χ4n) is 5.98. The van der Waals surface area contributed by atoms with Gasteiger partial charge in [-0.3, -0.25) is 0 Å². The number of hydrogen-bond acceptors (Lipinski definition) is 2. The van der Waals surface area contributed by atoms with Gasteiger partial charge >= 0.3 is 0 Å². The summed E-state index contributed by atoms with van der Waals surface area (Å²) in [6.07, 6.45) is 0. The molecule has 0 N–H and O–H groups in total. The zero-order valence-electron chi connectivity index (χ0n) is 22.9. The van der Waals surface area contributed by atoms with Gasteiger partial charge in [0.1, 0.15) is 0 Å². The average Bonchev–Trinajstić information content (AvgIpc) is 3.46. The first-order chi connectivity index (χ1) is 20.8. The van der Waals surface area contributed by atoms with Gasteiger partial charge in [0.05, 0.1) is 0 Å². The Morgan fingerprint density at radius 3 is 1.48 bits per heavy atom. The van der Waals surface area contributed by atoms with E-state index in [2.05, 4.69) is 169 Å². The lowest BCUT2D eigenvalue weighted by atomic mass is 10.0. The number of benzene rings is 7. The summed E-state index contributed by atoms with van der Waals surface area (Å²) >= 11 is 1.87. The van der Waals surface area contributed by atoms with Gasteiger partial charge in [-0.1, -0.05) is 115 Å².